The molecule has 0 fully saturated rings. The van der Waals surface area contributed by atoms with Crippen molar-refractivity contribution in [1.29, 1.82) is 0 Å². The lowest BCUT2D eigenvalue weighted by molar-refractivity contribution is 0.0474. The Morgan fingerprint density at radius 1 is 1.28 bits per heavy atom. The number of aliphatic imine (C=N–C) groups is 1. The van der Waals surface area contributed by atoms with E-state index >= 15 is 0 Å². The molecule has 0 saturated carbocycles. The van der Waals surface area contributed by atoms with Crippen LogP contribution in [0.2, 0.25) is 0 Å². The Morgan fingerprint density at radius 3 is 2.48 bits per heavy atom. The summed E-state index contributed by atoms with van der Waals surface area (Å²) in [5.74, 6) is 1.12. The van der Waals surface area contributed by atoms with E-state index in [2.05, 4.69) is 45.4 Å². The second-order valence-corrected chi connectivity index (χ2v) is 8.71. The molecular weight excluding hydrogens is 336 g/mol. The average Bonchev–Trinajstić information content (AvgIpc) is 2.98. The van der Waals surface area contributed by atoms with Crippen LogP contribution in [-0.2, 0) is 4.74 Å². The zero-order chi connectivity index (χ0) is 19.1. The highest BCUT2D eigenvalue weighted by atomic mass is 32.1. The molecule has 1 aromatic rings. The maximum Gasteiger partial charge on any atom is 0.408 e. The van der Waals surface area contributed by atoms with Crippen LogP contribution in [0.5, 0.6) is 0 Å². The van der Waals surface area contributed by atoms with Crippen LogP contribution in [0.3, 0.4) is 0 Å². The Morgan fingerprint density at radius 2 is 1.96 bits per heavy atom. The summed E-state index contributed by atoms with van der Waals surface area (Å²) in [5.41, 5.74) is -0.984. The SMILES string of the molecule is CN=C(NCC(C)c1cccs1)NCC(C)(C)NC(=O)OC(C)(C)C. The Kier molecular flexibility index (Phi) is 7.73. The van der Waals surface area contributed by atoms with E-state index in [1.807, 2.05) is 34.6 Å². The highest BCUT2D eigenvalue weighted by Gasteiger charge is 2.24. The molecule has 0 saturated heterocycles. The fraction of sp³-hybridized carbons (Fsp3) is 0.667. The molecular formula is C18H32N4O2S. The van der Waals surface area contributed by atoms with Crippen LogP contribution in [-0.4, -0.2) is 43.3 Å². The molecule has 0 bridgehead atoms. The van der Waals surface area contributed by atoms with E-state index in [-0.39, 0.29) is 0 Å². The number of carbonyl (C=O) groups excluding carboxylic acids is 1. The summed E-state index contributed by atoms with van der Waals surface area (Å²) < 4.78 is 5.30. The van der Waals surface area contributed by atoms with Crippen LogP contribution >= 0.6 is 11.3 Å². The standard InChI is InChI=1S/C18H32N4O2S/c1-13(14-9-8-10-25-14)11-20-15(19-7)21-12-18(5,6)22-16(23)24-17(2,3)4/h8-10,13H,11-12H2,1-7H3,(H,22,23)(H2,19,20,21). The van der Waals surface area contributed by atoms with Crippen molar-refractivity contribution in [3.8, 4) is 0 Å². The summed E-state index contributed by atoms with van der Waals surface area (Å²) in [6.45, 7) is 12.9. The van der Waals surface area contributed by atoms with Gasteiger partial charge in [-0.15, -0.1) is 11.3 Å². The fourth-order valence-corrected chi connectivity index (χ4v) is 2.86. The Balaban J connectivity index is 2.43. The summed E-state index contributed by atoms with van der Waals surface area (Å²) in [6, 6.07) is 4.20. The van der Waals surface area contributed by atoms with Crippen LogP contribution in [0.15, 0.2) is 22.5 Å². The molecule has 7 heteroatoms. The van der Waals surface area contributed by atoms with Gasteiger partial charge < -0.3 is 20.7 Å². The van der Waals surface area contributed by atoms with Gasteiger partial charge in [0, 0.05) is 30.9 Å². The first-order valence-corrected chi connectivity index (χ1v) is 9.39. The van der Waals surface area contributed by atoms with Crippen LogP contribution in [0.4, 0.5) is 4.79 Å². The molecule has 142 valence electrons. The van der Waals surface area contributed by atoms with Crippen molar-refractivity contribution in [2.45, 2.75) is 58.6 Å². The van der Waals surface area contributed by atoms with Gasteiger partial charge in [-0.2, -0.15) is 0 Å². The first-order chi connectivity index (χ1) is 11.5. The maximum atomic E-state index is 11.9. The van der Waals surface area contributed by atoms with Gasteiger partial charge in [0.15, 0.2) is 5.96 Å². The van der Waals surface area contributed by atoms with E-state index in [4.69, 9.17) is 4.74 Å². The maximum absolute atomic E-state index is 11.9. The average molecular weight is 369 g/mol. The van der Waals surface area contributed by atoms with E-state index in [0.29, 0.717) is 18.4 Å². The van der Waals surface area contributed by atoms with Gasteiger partial charge in [0.25, 0.3) is 0 Å². The van der Waals surface area contributed by atoms with Crippen molar-refractivity contribution in [1.82, 2.24) is 16.0 Å². The van der Waals surface area contributed by atoms with Gasteiger partial charge in [-0.25, -0.2) is 4.79 Å². The molecule has 1 rings (SSSR count). The number of thiophene rings is 1. The summed E-state index contributed by atoms with van der Waals surface area (Å²) in [4.78, 5) is 17.5. The number of guanidine groups is 1. The fourth-order valence-electron chi connectivity index (χ4n) is 2.07. The molecule has 1 atom stereocenters. The number of rotatable bonds is 6. The highest BCUT2D eigenvalue weighted by molar-refractivity contribution is 7.10. The topological polar surface area (TPSA) is 74.8 Å². The predicted octanol–water partition coefficient (Wildman–Crippen LogP) is 3.32. The van der Waals surface area contributed by atoms with Crippen LogP contribution in [0, 0.1) is 0 Å². The normalized spacial score (nSPS) is 14.0. The number of hydrogen-bond donors (Lipinski definition) is 3. The largest absolute Gasteiger partial charge is 0.444 e. The van der Waals surface area contributed by atoms with E-state index in [9.17, 15) is 4.79 Å². The second-order valence-electron chi connectivity index (χ2n) is 7.73. The molecule has 1 unspecified atom stereocenters. The summed E-state index contributed by atoms with van der Waals surface area (Å²) >= 11 is 1.76. The van der Waals surface area contributed by atoms with Crippen molar-refractivity contribution in [2.24, 2.45) is 4.99 Å². The first-order valence-electron chi connectivity index (χ1n) is 8.51. The van der Waals surface area contributed by atoms with Crippen LogP contribution < -0.4 is 16.0 Å². The molecule has 1 heterocycles. The zero-order valence-electron chi connectivity index (χ0n) is 16.4. The molecule has 1 amide bonds. The Labute approximate surface area is 155 Å². The number of carbonyl (C=O) groups is 1. The monoisotopic (exact) mass is 368 g/mol. The molecule has 1 aromatic heterocycles. The predicted molar refractivity (Wildman–Crippen MR) is 106 cm³/mol. The van der Waals surface area contributed by atoms with Gasteiger partial charge >= 0.3 is 6.09 Å². The van der Waals surface area contributed by atoms with E-state index < -0.39 is 17.2 Å². The van der Waals surface area contributed by atoms with Gasteiger partial charge in [0.2, 0.25) is 0 Å². The van der Waals surface area contributed by atoms with E-state index in [1.165, 1.54) is 4.88 Å². The van der Waals surface area contributed by atoms with Crippen molar-refractivity contribution in [2.75, 3.05) is 20.1 Å². The van der Waals surface area contributed by atoms with Gasteiger partial charge in [0.05, 0.1) is 5.54 Å². The molecule has 0 aliphatic rings. The molecule has 0 aromatic carbocycles. The third kappa shape index (κ3) is 8.77. The number of hydrogen-bond acceptors (Lipinski definition) is 4. The first kappa shape index (κ1) is 21.3. The lowest BCUT2D eigenvalue weighted by Crippen LogP contribution is -2.54. The van der Waals surface area contributed by atoms with Crippen molar-refractivity contribution < 1.29 is 9.53 Å². The molecule has 0 aliphatic heterocycles. The van der Waals surface area contributed by atoms with Crippen molar-refractivity contribution in [3.63, 3.8) is 0 Å². The molecule has 6 nitrogen and oxygen atoms in total. The minimum atomic E-state index is -0.511. The summed E-state index contributed by atoms with van der Waals surface area (Å²) in [6.07, 6.45) is -0.423. The quantitative estimate of drug-likeness (QED) is 0.532. The van der Waals surface area contributed by atoms with Crippen molar-refractivity contribution in [3.05, 3.63) is 22.4 Å². The van der Waals surface area contributed by atoms with Gasteiger partial charge in [-0.3, -0.25) is 4.99 Å². The van der Waals surface area contributed by atoms with Gasteiger partial charge in [0.1, 0.15) is 5.60 Å². The molecule has 0 spiro atoms. The molecule has 3 N–H and O–H groups in total. The summed E-state index contributed by atoms with van der Waals surface area (Å²) in [5, 5.41) is 11.5. The van der Waals surface area contributed by atoms with Crippen LogP contribution in [0.1, 0.15) is 52.3 Å². The summed E-state index contributed by atoms with van der Waals surface area (Å²) in [7, 11) is 1.74. The smallest absolute Gasteiger partial charge is 0.408 e. The Bertz CT molecular complexity index is 562. The minimum absolute atomic E-state index is 0.409. The van der Waals surface area contributed by atoms with Gasteiger partial charge in [-0.1, -0.05) is 13.0 Å². The third-order valence-corrected chi connectivity index (χ3v) is 4.47. The number of amides is 1. The van der Waals surface area contributed by atoms with E-state index in [0.717, 1.165) is 6.54 Å². The number of ether oxygens (including phenoxy) is 1. The number of nitrogens with zero attached hydrogens (tertiary/aromatic N) is 1. The van der Waals surface area contributed by atoms with Crippen molar-refractivity contribution >= 4 is 23.4 Å². The second kappa shape index (κ2) is 9.08. The molecule has 25 heavy (non-hydrogen) atoms. The highest BCUT2D eigenvalue weighted by Crippen LogP contribution is 2.19. The molecule has 0 radical (unpaired) electrons. The molecule has 0 aliphatic carbocycles. The lowest BCUT2D eigenvalue weighted by atomic mass is 10.1. The zero-order valence-corrected chi connectivity index (χ0v) is 17.2. The van der Waals surface area contributed by atoms with Crippen LogP contribution in [0.25, 0.3) is 0 Å². The number of alkyl carbamates (subject to hydrolysis) is 1. The third-order valence-electron chi connectivity index (χ3n) is 3.37. The lowest BCUT2D eigenvalue weighted by Gasteiger charge is -2.29. The van der Waals surface area contributed by atoms with E-state index in [1.54, 1.807) is 18.4 Å². The van der Waals surface area contributed by atoms with Gasteiger partial charge in [-0.05, 0) is 46.1 Å². The Hall–Kier alpha value is -1.76. The minimum Gasteiger partial charge on any atom is -0.444 e. The number of nitrogens with one attached hydrogen (secondary N) is 3.